The molecule has 17 heavy (non-hydrogen) atoms. The maximum absolute atomic E-state index is 12.3. The Labute approximate surface area is 103 Å². The molecule has 0 saturated carbocycles. The molecule has 92 valence electrons. The molecule has 0 spiro atoms. The second-order valence-electron chi connectivity index (χ2n) is 5.12. The standard InChI is InChI=1S/C14H20N2O/c1-9-6-7-12-11(8-9)13(10(2)16(12)5)14(17)15(3)4/h6-8,10,13H,1-5H3/t10-,13-/m0/s1. The summed E-state index contributed by atoms with van der Waals surface area (Å²) in [6, 6.07) is 6.58. The van der Waals surface area contributed by atoms with Crippen molar-refractivity contribution in [1.82, 2.24) is 4.90 Å². The third kappa shape index (κ3) is 1.79. The summed E-state index contributed by atoms with van der Waals surface area (Å²) in [5.41, 5.74) is 3.56. The number of nitrogens with zero attached hydrogens (tertiary/aromatic N) is 2. The van der Waals surface area contributed by atoms with Crippen molar-refractivity contribution in [3.63, 3.8) is 0 Å². The van der Waals surface area contributed by atoms with Gasteiger partial charge in [0.2, 0.25) is 5.91 Å². The number of carbonyl (C=O) groups excluding carboxylic acids is 1. The number of hydrogen-bond donors (Lipinski definition) is 0. The molecule has 0 unspecified atom stereocenters. The van der Waals surface area contributed by atoms with Gasteiger partial charge in [0.1, 0.15) is 0 Å². The predicted octanol–water partition coefficient (Wildman–Crippen LogP) is 2.01. The fraction of sp³-hybridized carbons (Fsp3) is 0.500. The van der Waals surface area contributed by atoms with Crippen molar-refractivity contribution < 1.29 is 4.79 Å². The minimum atomic E-state index is -0.0371. The molecule has 0 saturated heterocycles. The van der Waals surface area contributed by atoms with Gasteiger partial charge in [0.15, 0.2) is 0 Å². The second kappa shape index (κ2) is 4.06. The topological polar surface area (TPSA) is 23.6 Å². The zero-order valence-electron chi connectivity index (χ0n) is 11.2. The summed E-state index contributed by atoms with van der Waals surface area (Å²) in [5.74, 6) is 0.151. The van der Waals surface area contributed by atoms with Crippen LogP contribution >= 0.6 is 0 Å². The molecule has 1 aromatic rings. The lowest BCUT2D eigenvalue weighted by Gasteiger charge is -2.24. The predicted molar refractivity (Wildman–Crippen MR) is 70.5 cm³/mol. The molecule has 2 rings (SSSR count). The molecule has 3 heteroatoms. The highest BCUT2D eigenvalue weighted by molar-refractivity contribution is 5.89. The highest BCUT2D eigenvalue weighted by Crippen LogP contribution is 2.41. The summed E-state index contributed by atoms with van der Waals surface area (Å²) in [7, 11) is 5.70. The molecule has 2 atom stereocenters. The number of fused-ring (bicyclic) bond motifs is 1. The van der Waals surface area contributed by atoms with Crippen LogP contribution in [-0.4, -0.2) is 38.0 Å². The summed E-state index contributed by atoms with van der Waals surface area (Å²) < 4.78 is 0. The van der Waals surface area contributed by atoms with Crippen molar-refractivity contribution >= 4 is 11.6 Å². The van der Waals surface area contributed by atoms with Gasteiger partial charge in [-0.25, -0.2) is 0 Å². The third-order valence-electron chi connectivity index (χ3n) is 3.70. The summed E-state index contributed by atoms with van der Waals surface area (Å²) in [4.78, 5) is 16.2. The molecule has 1 heterocycles. The smallest absolute Gasteiger partial charge is 0.231 e. The normalized spacial score (nSPS) is 22.5. The van der Waals surface area contributed by atoms with Crippen LogP contribution in [0.5, 0.6) is 0 Å². The first-order valence-electron chi connectivity index (χ1n) is 5.98. The Kier molecular flexibility index (Phi) is 2.86. The fourth-order valence-electron chi connectivity index (χ4n) is 2.56. The molecular formula is C14H20N2O. The minimum Gasteiger partial charge on any atom is -0.371 e. The van der Waals surface area contributed by atoms with Crippen molar-refractivity contribution in [2.45, 2.75) is 25.8 Å². The SMILES string of the molecule is Cc1ccc2c(c1)[C@@H](C(=O)N(C)C)[C@H](C)N2C. The van der Waals surface area contributed by atoms with Crippen LogP contribution in [0.25, 0.3) is 0 Å². The molecular weight excluding hydrogens is 212 g/mol. The lowest BCUT2D eigenvalue weighted by atomic mass is 9.93. The van der Waals surface area contributed by atoms with E-state index in [9.17, 15) is 4.79 Å². The van der Waals surface area contributed by atoms with E-state index in [0.717, 1.165) is 0 Å². The van der Waals surface area contributed by atoms with Gasteiger partial charge in [0, 0.05) is 32.9 Å². The van der Waals surface area contributed by atoms with Crippen LogP contribution in [0.2, 0.25) is 0 Å². The molecule has 0 bridgehead atoms. The van der Waals surface area contributed by atoms with E-state index in [4.69, 9.17) is 0 Å². The largest absolute Gasteiger partial charge is 0.371 e. The van der Waals surface area contributed by atoms with E-state index in [0.29, 0.717) is 0 Å². The van der Waals surface area contributed by atoms with Crippen LogP contribution in [-0.2, 0) is 4.79 Å². The van der Waals surface area contributed by atoms with Gasteiger partial charge in [0.25, 0.3) is 0 Å². The van der Waals surface area contributed by atoms with E-state index in [-0.39, 0.29) is 17.9 Å². The molecule has 1 aromatic carbocycles. The Hall–Kier alpha value is -1.51. The van der Waals surface area contributed by atoms with Crippen molar-refractivity contribution in [3.05, 3.63) is 29.3 Å². The highest BCUT2D eigenvalue weighted by atomic mass is 16.2. The number of benzene rings is 1. The number of amides is 1. The van der Waals surface area contributed by atoms with E-state index in [1.54, 1.807) is 4.90 Å². The molecule has 3 nitrogen and oxygen atoms in total. The van der Waals surface area contributed by atoms with E-state index in [1.165, 1.54) is 16.8 Å². The Morgan fingerprint density at radius 1 is 1.35 bits per heavy atom. The molecule has 0 N–H and O–H groups in total. The van der Waals surface area contributed by atoms with Crippen LogP contribution in [0, 0.1) is 6.92 Å². The van der Waals surface area contributed by atoms with Crippen molar-refractivity contribution in [2.75, 3.05) is 26.0 Å². The Morgan fingerprint density at radius 2 is 2.00 bits per heavy atom. The maximum Gasteiger partial charge on any atom is 0.231 e. The molecule has 0 aliphatic carbocycles. The molecule has 0 fully saturated rings. The average molecular weight is 232 g/mol. The first-order valence-corrected chi connectivity index (χ1v) is 5.98. The van der Waals surface area contributed by atoms with Crippen molar-refractivity contribution in [1.29, 1.82) is 0 Å². The molecule has 1 aliphatic heterocycles. The summed E-state index contributed by atoms with van der Waals surface area (Å²) >= 11 is 0. The maximum atomic E-state index is 12.3. The van der Waals surface area contributed by atoms with Gasteiger partial charge in [-0.3, -0.25) is 4.79 Å². The van der Waals surface area contributed by atoms with Crippen LogP contribution in [0.15, 0.2) is 18.2 Å². The van der Waals surface area contributed by atoms with Crippen molar-refractivity contribution in [2.24, 2.45) is 0 Å². The highest BCUT2D eigenvalue weighted by Gasteiger charge is 2.38. The van der Waals surface area contributed by atoms with Gasteiger partial charge in [-0.1, -0.05) is 17.7 Å². The Balaban J connectivity index is 2.50. The average Bonchev–Trinajstić information content (AvgIpc) is 2.50. The second-order valence-corrected chi connectivity index (χ2v) is 5.12. The number of rotatable bonds is 1. The first-order chi connectivity index (χ1) is 7.93. The number of likely N-dealkylation sites (N-methyl/N-ethyl adjacent to an activating group) is 2. The quantitative estimate of drug-likeness (QED) is 0.739. The molecule has 0 radical (unpaired) electrons. The van der Waals surface area contributed by atoms with Gasteiger partial charge >= 0.3 is 0 Å². The molecule has 1 amide bonds. The zero-order chi connectivity index (χ0) is 12.7. The monoisotopic (exact) mass is 232 g/mol. The summed E-state index contributed by atoms with van der Waals surface area (Å²) in [6.45, 7) is 4.18. The molecule has 0 aromatic heterocycles. The Bertz CT molecular complexity index is 454. The van der Waals surface area contributed by atoms with E-state index < -0.39 is 0 Å². The van der Waals surface area contributed by atoms with Crippen LogP contribution in [0.1, 0.15) is 24.0 Å². The number of hydrogen-bond acceptors (Lipinski definition) is 2. The lowest BCUT2D eigenvalue weighted by molar-refractivity contribution is -0.130. The van der Waals surface area contributed by atoms with Gasteiger partial charge < -0.3 is 9.80 Å². The minimum absolute atomic E-state index is 0.0371. The first kappa shape index (κ1) is 12.0. The van der Waals surface area contributed by atoms with Crippen molar-refractivity contribution in [3.8, 4) is 0 Å². The summed E-state index contributed by atoms with van der Waals surface area (Å²) in [5, 5.41) is 0. The Morgan fingerprint density at radius 3 is 2.59 bits per heavy atom. The van der Waals surface area contributed by atoms with Crippen LogP contribution in [0.3, 0.4) is 0 Å². The van der Waals surface area contributed by atoms with E-state index in [1.807, 2.05) is 14.1 Å². The number of aryl methyl sites for hydroxylation is 1. The van der Waals surface area contributed by atoms with Crippen LogP contribution in [0.4, 0.5) is 5.69 Å². The van der Waals surface area contributed by atoms with Gasteiger partial charge in [0.05, 0.1) is 5.92 Å². The summed E-state index contributed by atoms with van der Waals surface area (Å²) in [6.07, 6.45) is 0. The third-order valence-corrected chi connectivity index (χ3v) is 3.70. The van der Waals surface area contributed by atoms with E-state index >= 15 is 0 Å². The van der Waals surface area contributed by atoms with E-state index in [2.05, 4.69) is 44.0 Å². The van der Waals surface area contributed by atoms with Gasteiger partial charge in [-0.15, -0.1) is 0 Å². The lowest BCUT2D eigenvalue weighted by Crippen LogP contribution is -2.36. The number of anilines is 1. The fourth-order valence-corrected chi connectivity index (χ4v) is 2.56. The zero-order valence-corrected chi connectivity index (χ0v) is 11.2. The van der Waals surface area contributed by atoms with Crippen LogP contribution < -0.4 is 4.90 Å². The van der Waals surface area contributed by atoms with Gasteiger partial charge in [-0.2, -0.15) is 0 Å². The number of carbonyl (C=O) groups is 1. The van der Waals surface area contributed by atoms with Gasteiger partial charge in [-0.05, 0) is 25.5 Å². The molecule has 1 aliphatic rings.